The van der Waals surface area contributed by atoms with Gasteiger partial charge in [-0.1, -0.05) is 63.4 Å². The highest BCUT2D eigenvalue weighted by atomic mass is 35.5. The van der Waals surface area contributed by atoms with Crippen molar-refractivity contribution in [3.05, 3.63) is 111 Å². The van der Waals surface area contributed by atoms with Crippen molar-refractivity contribution in [3.63, 3.8) is 0 Å². The molecule has 0 spiro atoms. The lowest BCUT2D eigenvalue weighted by Crippen LogP contribution is -2.64. The summed E-state index contributed by atoms with van der Waals surface area (Å²) in [5.41, 5.74) is 8.65. The van der Waals surface area contributed by atoms with Crippen molar-refractivity contribution in [1.29, 1.82) is 0 Å². The second-order valence-corrected chi connectivity index (χ2v) is 29.4. The highest BCUT2D eigenvalue weighted by Gasteiger charge is 2.52. The standard InChI is InChI=1S/C75H95ClN10O26/c1-8-9-10-18-105-19-17-80-74(104)107-38-26-40-53(45(89)27-38)39-22-34(11-14-44(39)88)54-68(98)86-58(71(101)84-56(40)72(102)103)60(92)36-13-16-47(41(76)23-36)109-49-25-37-24-48(63(49)112-73-64(62(94)61(93)50(30-87)110-73)111-52-29-75(6,78)65(95)33(5)106-52)108-46-15-12-35(21-32(46)4)59(91)57(85-66(96)42(79-7)20-31(2)3)70(100)81-43(28-51(77)90)67(97)82-55(37)69(99)83-54/h11,13-14,16,21-27,31,33,42-43,50,52,54-62,64-65,73,79,87-89,91-95H,8-10,12,15,17-20,28-30,78H2,1-7H3,(H2,77,90)(H,80,104)(H,81,100)(H,82,97)(H,83,99)(H,84,101)(H,85,96)(H,86,98)(H,102,103)/t33-,42+,43-,50+,52-,54+,55+,56-,57+,58-,59+,60+,61+,62-,64+,65+,73-,75-/m0/s1. The van der Waals surface area contributed by atoms with Gasteiger partial charge in [0.1, 0.15) is 89.5 Å². The summed E-state index contributed by atoms with van der Waals surface area (Å²) in [7, 11) is 1.50. The van der Waals surface area contributed by atoms with Gasteiger partial charge in [-0.15, -0.1) is 0 Å². The first-order valence-corrected chi connectivity index (χ1v) is 36.9. The predicted octanol–water partition coefficient (Wildman–Crippen LogP) is 0.951. The number of nitrogens with one attached hydrogen (secondary N) is 8. The van der Waals surface area contributed by atoms with Gasteiger partial charge in [0.2, 0.25) is 53.4 Å². The zero-order valence-corrected chi connectivity index (χ0v) is 63.0. The van der Waals surface area contributed by atoms with E-state index in [-0.39, 0.29) is 78.5 Å². The molecule has 8 amide bonds. The molecule has 36 nitrogen and oxygen atoms in total. The number of ether oxygens (including phenoxy) is 8. The lowest BCUT2D eigenvalue weighted by Gasteiger charge is -2.47. The smallest absolute Gasteiger partial charge is 0.412 e. The summed E-state index contributed by atoms with van der Waals surface area (Å²) in [5, 5.41) is 125. The number of halogens is 1. The molecule has 11 bridgehead atoms. The first-order valence-electron chi connectivity index (χ1n) is 36.5. The molecule has 0 saturated carbocycles. The molecule has 608 valence electrons. The summed E-state index contributed by atoms with van der Waals surface area (Å²) in [6.07, 6.45) is -15.6. The van der Waals surface area contributed by atoms with Crippen molar-refractivity contribution in [2.75, 3.05) is 33.4 Å². The van der Waals surface area contributed by atoms with Crippen LogP contribution < -0.4 is 72.9 Å². The number of benzene rings is 4. The largest absolute Gasteiger partial charge is 0.507 e. The molecule has 8 aliphatic rings. The number of aromatic hydroxyl groups is 2. The molecule has 7 heterocycles. The molecule has 4 aromatic carbocycles. The number of aliphatic carboxylic acids is 1. The Hall–Kier alpha value is -9.80. The third-order valence-corrected chi connectivity index (χ3v) is 20.3. The minimum atomic E-state index is -2.33. The first kappa shape index (κ1) is 84.6. The van der Waals surface area contributed by atoms with Crippen LogP contribution in [-0.4, -0.2) is 218 Å². The highest BCUT2D eigenvalue weighted by Crippen LogP contribution is 2.49. The molecule has 18 atom stereocenters. The Labute approximate surface area is 647 Å². The molecule has 112 heavy (non-hydrogen) atoms. The van der Waals surface area contributed by atoms with Crippen molar-refractivity contribution in [1.82, 2.24) is 42.5 Å². The SMILES string of the molecule is CCCCCOCCNC(=O)Oc1cc(O)c2c(c1)[C@@H](C(=O)O)NC(=O)[C@H]1NC(=O)[C@H](NC(=O)[C@@H]3NC(=O)[C@H](CC(N)=O)NC(=O)[C@H](NC(=O)[C@@H](CC(C)C)NC)[C@H](O)C4=CC(C)=C(CC4)Oc4cc3cc(c4O[C@@H]3O[C@H](CO)[C@@H](O)[C@H](O)[C@H]3O[C@H]3C[C@](C)(N)[C@H](O)[C@H](C)O3)Oc3ccc(cc3Cl)[C@H]1O)c1ccc(O)c-2c1. The number of phenolic OH excluding ortho intramolecular Hbond substituents is 2. The van der Waals surface area contributed by atoms with Crippen molar-refractivity contribution >= 4 is 65.0 Å². The molecule has 0 aromatic heterocycles. The number of primary amides is 1. The quantitative estimate of drug-likeness (QED) is 0.0516. The molecule has 7 aliphatic heterocycles. The number of carboxylic acids is 1. The molecule has 4 aromatic rings. The number of fused-ring (bicyclic) bond motifs is 15. The number of amides is 8. The second-order valence-electron chi connectivity index (χ2n) is 29.0. The van der Waals surface area contributed by atoms with Gasteiger partial charge in [0.15, 0.2) is 29.9 Å². The van der Waals surface area contributed by atoms with Crippen LogP contribution in [0.5, 0.6) is 40.2 Å². The Bertz CT molecular complexity index is 4290. The number of carbonyl (C=O) groups is 9. The van der Waals surface area contributed by atoms with Gasteiger partial charge in [0.05, 0.1) is 42.9 Å². The molecule has 12 rings (SSSR count). The summed E-state index contributed by atoms with van der Waals surface area (Å²) < 4.78 is 50.0. The van der Waals surface area contributed by atoms with Crippen LogP contribution >= 0.6 is 11.6 Å². The van der Waals surface area contributed by atoms with E-state index in [0.29, 0.717) is 6.61 Å². The average Bonchev–Trinajstić information content (AvgIpc) is 0.728. The maximum Gasteiger partial charge on any atom is 0.412 e. The molecule has 0 radical (unpaired) electrons. The molecular formula is C75H95ClN10O26. The number of likely N-dealkylation sites (N-methyl/N-ethyl adjacent to an activating group) is 1. The number of nitrogens with two attached hydrogens (primary N) is 2. The van der Waals surface area contributed by atoms with Crippen molar-refractivity contribution < 1.29 is 127 Å². The lowest BCUT2D eigenvalue weighted by atomic mass is 9.86. The van der Waals surface area contributed by atoms with Crippen molar-refractivity contribution in [3.8, 4) is 51.4 Å². The zero-order valence-electron chi connectivity index (χ0n) is 62.2. The van der Waals surface area contributed by atoms with Crippen LogP contribution in [0.2, 0.25) is 5.02 Å². The number of carbonyl (C=O) groups excluding carboxylic acids is 8. The molecule has 2 saturated heterocycles. The molecule has 2 fully saturated rings. The van der Waals surface area contributed by atoms with E-state index in [4.69, 9.17) is 61.0 Å². The fraction of sp³-hybridized carbons (Fsp3) is 0.507. The Kier molecular flexibility index (Phi) is 27.5. The third-order valence-electron chi connectivity index (χ3n) is 20.0. The van der Waals surface area contributed by atoms with E-state index in [1.165, 1.54) is 27.0 Å². The summed E-state index contributed by atoms with van der Waals surface area (Å²) in [4.78, 5) is 132. The van der Waals surface area contributed by atoms with Crippen LogP contribution in [0.3, 0.4) is 0 Å². The Morgan fingerprint density at radius 3 is 2.13 bits per heavy atom. The predicted molar refractivity (Wildman–Crippen MR) is 392 cm³/mol. The number of unbranched alkanes of at least 4 members (excludes halogenated alkanes) is 2. The van der Waals surface area contributed by atoms with E-state index in [9.17, 15) is 69.9 Å². The van der Waals surface area contributed by atoms with Gasteiger partial charge in [0.25, 0.3) is 0 Å². The van der Waals surface area contributed by atoms with Crippen LogP contribution in [0.4, 0.5) is 4.79 Å². The van der Waals surface area contributed by atoms with Crippen LogP contribution in [-0.2, 0) is 57.3 Å². The molecular weight excluding hydrogens is 1490 g/mol. The minimum Gasteiger partial charge on any atom is -0.507 e. The minimum absolute atomic E-state index is 0.0500. The number of allylic oxidation sites excluding steroid dienone is 3. The fourth-order valence-corrected chi connectivity index (χ4v) is 14.2. The van der Waals surface area contributed by atoms with Crippen LogP contribution in [0.1, 0.15) is 139 Å². The second kappa shape index (κ2) is 36.3. The van der Waals surface area contributed by atoms with Gasteiger partial charge in [-0.3, -0.25) is 33.6 Å². The number of aliphatic hydroxyl groups excluding tert-OH is 6. The topological polar surface area (TPSA) is 558 Å². The maximum absolute atomic E-state index is 16.2. The van der Waals surface area contributed by atoms with Crippen LogP contribution in [0.15, 0.2) is 83.6 Å². The maximum atomic E-state index is 16.2. The van der Waals surface area contributed by atoms with E-state index in [1.807, 2.05) is 20.8 Å². The highest BCUT2D eigenvalue weighted by molar-refractivity contribution is 6.32. The number of phenols is 2. The number of hydrogen-bond donors (Lipinski definition) is 19. The van der Waals surface area contributed by atoms with E-state index < -0.39 is 237 Å². The molecule has 1 aliphatic carbocycles. The van der Waals surface area contributed by atoms with Gasteiger partial charge in [-0.25, -0.2) is 9.59 Å². The van der Waals surface area contributed by atoms with E-state index in [0.717, 1.165) is 79.9 Å². The Balaban J connectivity index is 1.20. The van der Waals surface area contributed by atoms with Crippen LogP contribution in [0, 0.1) is 5.92 Å². The average molecular weight is 1590 g/mol. The van der Waals surface area contributed by atoms with Gasteiger partial charge < -0.3 is 138 Å². The molecule has 37 heteroatoms. The number of aliphatic hydroxyl groups is 6. The number of hydrogen-bond acceptors (Lipinski definition) is 27. The van der Waals surface area contributed by atoms with Gasteiger partial charge >= 0.3 is 12.1 Å². The monoisotopic (exact) mass is 1590 g/mol. The number of rotatable bonds is 21. The Morgan fingerprint density at radius 1 is 0.777 bits per heavy atom. The normalized spacial score (nSPS) is 28.5. The van der Waals surface area contributed by atoms with Gasteiger partial charge in [0, 0.05) is 54.3 Å². The summed E-state index contributed by atoms with van der Waals surface area (Å²) >= 11 is 7.14. The zero-order chi connectivity index (χ0) is 81.5. The fourth-order valence-electron chi connectivity index (χ4n) is 14.0. The summed E-state index contributed by atoms with van der Waals surface area (Å²) in [5.74, 6) is -15.0. The van der Waals surface area contributed by atoms with E-state index in [1.54, 1.807) is 6.92 Å². The van der Waals surface area contributed by atoms with Crippen molar-refractivity contribution in [2.24, 2.45) is 17.4 Å². The van der Waals surface area contributed by atoms with Gasteiger partial charge in [-0.2, -0.15) is 0 Å². The van der Waals surface area contributed by atoms with E-state index >= 15 is 19.2 Å². The summed E-state index contributed by atoms with van der Waals surface area (Å²) in [6, 6.07) is -3.71. The molecule has 0 unspecified atom stereocenters. The third kappa shape index (κ3) is 19.4. The lowest BCUT2D eigenvalue weighted by molar-refractivity contribution is -0.333. The Morgan fingerprint density at radius 2 is 1.47 bits per heavy atom. The van der Waals surface area contributed by atoms with Crippen LogP contribution in [0.25, 0.3) is 11.1 Å². The van der Waals surface area contributed by atoms with Crippen molar-refractivity contribution in [2.45, 2.75) is 202 Å². The van der Waals surface area contributed by atoms with E-state index in [2.05, 4.69) is 42.5 Å². The summed E-state index contributed by atoms with van der Waals surface area (Å²) in [6.45, 7) is 9.75. The first-order chi connectivity index (χ1) is 53.1. The number of carboxylic acid groups (broad SMARTS) is 1. The molecule has 21 N–H and O–H groups in total. The van der Waals surface area contributed by atoms with Gasteiger partial charge in [-0.05, 0) is 123 Å².